The largest absolute Gasteiger partial charge is 0.454 e. The van der Waals surface area contributed by atoms with Crippen LogP contribution in [0.4, 0.5) is 5.69 Å². The first-order valence-corrected chi connectivity index (χ1v) is 9.58. The number of rotatable bonds is 7. The fourth-order valence-corrected chi connectivity index (χ4v) is 3.68. The van der Waals surface area contributed by atoms with E-state index in [1.165, 1.54) is 6.07 Å². The normalized spacial score (nSPS) is 16.0. The number of ketones is 1. The highest BCUT2D eigenvalue weighted by atomic mass is 35.5. The molecule has 0 aliphatic carbocycles. The molecule has 8 nitrogen and oxygen atoms in total. The number of carbonyl (C=O) groups is 2. The minimum atomic E-state index is -0.814. The van der Waals surface area contributed by atoms with Crippen LogP contribution in [0.15, 0.2) is 24.3 Å². The van der Waals surface area contributed by atoms with Crippen LogP contribution in [-0.2, 0) is 16.0 Å². The minimum absolute atomic E-state index is 0.0334. The molecule has 1 atom stereocenters. The van der Waals surface area contributed by atoms with Crippen LogP contribution >= 0.6 is 11.6 Å². The molecule has 0 amide bonds. The number of hydrogen-bond acceptors (Lipinski definition) is 6. The quantitative estimate of drug-likeness (QED) is 0.291. The number of nitrogens with zero attached hydrogens (tertiary/aromatic N) is 2. The molecule has 0 radical (unpaired) electrons. The van der Waals surface area contributed by atoms with Gasteiger partial charge in [0.05, 0.1) is 21.6 Å². The Morgan fingerprint density at radius 2 is 2.07 bits per heavy atom. The number of esters is 1. The Kier molecular flexibility index (Phi) is 6.34. The molecule has 1 aliphatic heterocycles. The Bertz CT molecular complexity index is 962. The first kappa shape index (κ1) is 21.0. The van der Waals surface area contributed by atoms with Crippen LogP contribution in [0.3, 0.4) is 0 Å². The van der Waals surface area contributed by atoms with Crippen LogP contribution < -0.4 is 0 Å². The number of halogens is 1. The van der Waals surface area contributed by atoms with Crippen LogP contribution in [-0.4, -0.2) is 40.6 Å². The highest BCUT2D eigenvalue weighted by Gasteiger charge is 2.22. The predicted octanol–water partition coefficient (Wildman–Crippen LogP) is 3.89. The van der Waals surface area contributed by atoms with Gasteiger partial charge in [0.2, 0.25) is 5.78 Å². The summed E-state index contributed by atoms with van der Waals surface area (Å²) >= 11 is 5.93. The maximum atomic E-state index is 12.6. The van der Waals surface area contributed by atoms with Crippen molar-refractivity contribution < 1.29 is 24.0 Å². The summed E-state index contributed by atoms with van der Waals surface area (Å²) in [5, 5.41) is 10.6. The molecule has 2 aromatic rings. The standard InChI is InChI=1S/C20H21ClN2O6/c1-12-8-17(13(2)22(12)10-15-4-3-7-28-15)19(24)11-29-20(25)16-6-5-14(23(26)27)9-18(16)21/h5-6,8-9,15H,3-4,7,10-11H2,1-2H3/t15-/m1/s1. The number of carbonyl (C=O) groups excluding carboxylic acids is 2. The zero-order valence-electron chi connectivity index (χ0n) is 16.1. The molecule has 3 rings (SSSR count). The smallest absolute Gasteiger partial charge is 0.340 e. The predicted molar refractivity (Wildman–Crippen MR) is 106 cm³/mol. The highest BCUT2D eigenvalue weighted by Crippen LogP contribution is 2.24. The van der Waals surface area contributed by atoms with Crippen LogP contribution in [0, 0.1) is 24.0 Å². The summed E-state index contributed by atoms with van der Waals surface area (Å²) in [4.78, 5) is 34.9. The second kappa shape index (κ2) is 8.75. The Morgan fingerprint density at radius 1 is 1.31 bits per heavy atom. The van der Waals surface area contributed by atoms with Crippen LogP contribution in [0.5, 0.6) is 0 Å². The maximum absolute atomic E-state index is 12.6. The zero-order chi connectivity index (χ0) is 21.1. The third-order valence-electron chi connectivity index (χ3n) is 5.00. The minimum Gasteiger partial charge on any atom is -0.454 e. The fourth-order valence-electron chi connectivity index (χ4n) is 3.43. The second-order valence-electron chi connectivity index (χ2n) is 6.95. The van der Waals surface area contributed by atoms with Crippen molar-refractivity contribution in [2.75, 3.05) is 13.2 Å². The number of aryl methyl sites for hydroxylation is 1. The van der Waals surface area contributed by atoms with E-state index in [1.54, 1.807) is 6.07 Å². The average molecular weight is 421 g/mol. The number of nitro benzene ring substituents is 1. The molecule has 1 saturated heterocycles. The molecule has 0 bridgehead atoms. The van der Waals surface area contributed by atoms with Crippen molar-refractivity contribution in [1.29, 1.82) is 0 Å². The molecule has 0 N–H and O–H groups in total. The Morgan fingerprint density at radius 3 is 2.69 bits per heavy atom. The molecule has 154 valence electrons. The van der Waals surface area contributed by atoms with Gasteiger partial charge in [-0.15, -0.1) is 0 Å². The monoisotopic (exact) mass is 420 g/mol. The van der Waals surface area contributed by atoms with E-state index in [4.69, 9.17) is 21.1 Å². The Hall–Kier alpha value is -2.71. The lowest BCUT2D eigenvalue weighted by atomic mass is 10.1. The zero-order valence-corrected chi connectivity index (χ0v) is 16.9. The van der Waals surface area contributed by atoms with E-state index in [9.17, 15) is 19.7 Å². The van der Waals surface area contributed by atoms with Crippen molar-refractivity contribution in [1.82, 2.24) is 4.57 Å². The van der Waals surface area contributed by atoms with Gasteiger partial charge in [-0.05, 0) is 38.8 Å². The lowest BCUT2D eigenvalue weighted by Crippen LogP contribution is -2.18. The molecular weight excluding hydrogens is 400 g/mol. The van der Waals surface area contributed by atoms with Gasteiger partial charge in [-0.1, -0.05) is 11.6 Å². The Labute approximate surface area is 172 Å². The lowest BCUT2D eigenvalue weighted by molar-refractivity contribution is -0.384. The van der Waals surface area contributed by atoms with E-state index in [0.29, 0.717) is 12.1 Å². The third kappa shape index (κ3) is 4.65. The SMILES string of the molecule is Cc1cc(C(=O)COC(=O)c2ccc([N+](=O)[O-])cc2Cl)c(C)n1C[C@H]1CCCO1. The summed E-state index contributed by atoms with van der Waals surface area (Å²) in [6.45, 7) is 4.77. The van der Waals surface area contributed by atoms with Gasteiger partial charge in [0.25, 0.3) is 5.69 Å². The van der Waals surface area contributed by atoms with E-state index in [0.717, 1.165) is 43.0 Å². The van der Waals surface area contributed by atoms with Crippen molar-refractivity contribution in [3.05, 3.63) is 61.9 Å². The maximum Gasteiger partial charge on any atom is 0.340 e. The van der Waals surface area contributed by atoms with Gasteiger partial charge in [0.1, 0.15) is 0 Å². The molecule has 0 saturated carbocycles. The van der Waals surface area contributed by atoms with E-state index < -0.39 is 17.5 Å². The number of Topliss-reactive ketones (excluding diaryl/α,β-unsaturated/α-hetero) is 1. The van der Waals surface area contributed by atoms with Crippen molar-refractivity contribution in [2.45, 2.75) is 39.3 Å². The number of nitro groups is 1. The molecule has 1 aromatic carbocycles. The average Bonchev–Trinajstić information content (AvgIpc) is 3.29. The van der Waals surface area contributed by atoms with Gasteiger partial charge in [-0.2, -0.15) is 0 Å². The first-order valence-electron chi connectivity index (χ1n) is 9.20. The number of non-ortho nitro benzene ring substituents is 1. The molecule has 9 heteroatoms. The van der Waals surface area contributed by atoms with E-state index in [1.807, 2.05) is 18.4 Å². The van der Waals surface area contributed by atoms with E-state index in [-0.39, 0.29) is 28.2 Å². The van der Waals surface area contributed by atoms with E-state index >= 15 is 0 Å². The van der Waals surface area contributed by atoms with Crippen molar-refractivity contribution in [2.24, 2.45) is 0 Å². The summed E-state index contributed by atoms with van der Waals surface area (Å²) in [5.41, 5.74) is 1.96. The van der Waals surface area contributed by atoms with Gasteiger partial charge < -0.3 is 14.0 Å². The van der Waals surface area contributed by atoms with E-state index in [2.05, 4.69) is 0 Å². The number of aromatic nitrogens is 1. The lowest BCUT2D eigenvalue weighted by Gasteiger charge is -2.14. The van der Waals surface area contributed by atoms with Crippen molar-refractivity contribution in [3.8, 4) is 0 Å². The molecular formula is C20H21ClN2O6. The van der Waals surface area contributed by atoms with Crippen LogP contribution in [0.2, 0.25) is 5.02 Å². The van der Waals surface area contributed by atoms with Crippen molar-refractivity contribution >= 4 is 29.0 Å². The van der Waals surface area contributed by atoms with Gasteiger partial charge in [-0.3, -0.25) is 14.9 Å². The third-order valence-corrected chi connectivity index (χ3v) is 5.31. The van der Waals surface area contributed by atoms with Crippen molar-refractivity contribution in [3.63, 3.8) is 0 Å². The molecule has 29 heavy (non-hydrogen) atoms. The van der Waals surface area contributed by atoms with Crippen LogP contribution in [0.1, 0.15) is 44.9 Å². The van der Waals surface area contributed by atoms with Gasteiger partial charge in [0.15, 0.2) is 6.61 Å². The molecule has 1 aliphatic rings. The summed E-state index contributed by atoms with van der Waals surface area (Å²) in [6, 6.07) is 5.21. The van der Waals surface area contributed by atoms with Crippen LogP contribution in [0.25, 0.3) is 0 Å². The van der Waals surface area contributed by atoms with Gasteiger partial charge in [0, 0.05) is 42.2 Å². The number of benzene rings is 1. The summed E-state index contributed by atoms with van der Waals surface area (Å²) < 4.78 is 12.8. The fraction of sp³-hybridized carbons (Fsp3) is 0.400. The summed E-state index contributed by atoms with van der Waals surface area (Å²) in [6.07, 6.45) is 2.18. The van der Waals surface area contributed by atoms with Gasteiger partial charge >= 0.3 is 5.97 Å². The molecule has 0 spiro atoms. The molecule has 1 aromatic heterocycles. The molecule has 1 fully saturated rings. The Balaban J connectivity index is 1.66. The highest BCUT2D eigenvalue weighted by molar-refractivity contribution is 6.33. The number of ether oxygens (including phenoxy) is 2. The summed E-state index contributed by atoms with van der Waals surface area (Å²) in [7, 11) is 0. The first-order chi connectivity index (χ1) is 13.8. The molecule has 2 heterocycles. The second-order valence-corrected chi connectivity index (χ2v) is 7.36. The topological polar surface area (TPSA) is 101 Å². The number of hydrogen-bond donors (Lipinski definition) is 0. The van der Waals surface area contributed by atoms with Gasteiger partial charge in [-0.25, -0.2) is 4.79 Å². The summed E-state index contributed by atoms with van der Waals surface area (Å²) in [5.74, 6) is -1.14. The molecule has 0 unspecified atom stereocenters.